The van der Waals surface area contributed by atoms with Gasteiger partial charge < -0.3 is 31.7 Å². The van der Waals surface area contributed by atoms with Crippen molar-refractivity contribution in [2.24, 2.45) is 15.9 Å². The van der Waals surface area contributed by atoms with Gasteiger partial charge in [0, 0.05) is 43.1 Å². The lowest BCUT2D eigenvalue weighted by Crippen LogP contribution is -2.35. The summed E-state index contributed by atoms with van der Waals surface area (Å²) < 4.78 is 2.09. The summed E-state index contributed by atoms with van der Waals surface area (Å²) in [7, 11) is 0. The molecule has 11 nitrogen and oxygen atoms in total. The van der Waals surface area contributed by atoms with Crippen LogP contribution >= 0.6 is 0 Å². The van der Waals surface area contributed by atoms with Gasteiger partial charge in [0.05, 0.1) is 24.1 Å². The number of aromatic nitrogens is 4. The van der Waals surface area contributed by atoms with E-state index < -0.39 is 0 Å². The van der Waals surface area contributed by atoms with Gasteiger partial charge in [0.1, 0.15) is 5.82 Å². The molecule has 0 atom stereocenters. The first-order valence-electron chi connectivity index (χ1n) is 12.7. The Bertz CT molecular complexity index is 1100. The molecule has 3 heterocycles. The number of nitrogens with one attached hydrogen (secondary N) is 4. The number of anilines is 2. The van der Waals surface area contributed by atoms with Crippen molar-refractivity contribution < 1.29 is 0 Å². The van der Waals surface area contributed by atoms with Crippen LogP contribution in [0.3, 0.4) is 0 Å². The molecule has 36 heavy (non-hydrogen) atoms. The fourth-order valence-electron chi connectivity index (χ4n) is 4.12. The molecule has 0 radical (unpaired) electrons. The van der Waals surface area contributed by atoms with Crippen LogP contribution in [0.1, 0.15) is 25.7 Å². The van der Waals surface area contributed by atoms with Crippen molar-refractivity contribution in [2.75, 3.05) is 49.9 Å². The van der Waals surface area contributed by atoms with E-state index in [1.807, 2.05) is 30.7 Å². The van der Waals surface area contributed by atoms with Crippen LogP contribution in [0.4, 0.5) is 11.8 Å². The summed E-state index contributed by atoms with van der Waals surface area (Å²) in [4.78, 5) is 17.9. The number of benzene rings is 1. The first-order valence-corrected chi connectivity index (χ1v) is 12.7. The molecule has 1 aromatic carbocycles. The van der Waals surface area contributed by atoms with Gasteiger partial charge in [-0.05, 0) is 64.0 Å². The van der Waals surface area contributed by atoms with E-state index >= 15 is 0 Å². The highest BCUT2D eigenvalue weighted by Crippen LogP contribution is 2.23. The zero-order valence-electron chi connectivity index (χ0n) is 20.7. The number of para-hydroxylation sites is 1. The van der Waals surface area contributed by atoms with Crippen LogP contribution < -0.4 is 27.1 Å². The summed E-state index contributed by atoms with van der Waals surface area (Å²) in [6.45, 7) is 6.02. The number of aryl methyl sites for hydroxylation is 1. The highest BCUT2D eigenvalue weighted by Gasteiger charge is 2.16. The monoisotopic (exact) mass is 491 g/mol. The van der Waals surface area contributed by atoms with E-state index in [2.05, 4.69) is 52.0 Å². The highest BCUT2D eigenvalue weighted by atomic mass is 15.2. The van der Waals surface area contributed by atoms with Crippen LogP contribution in [0, 0.1) is 0 Å². The minimum atomic E-state index is 0.400. The number of nitrogens with two attached hydrogens (primary N) is 1. The Labute approximate surface area is 212 Å². The molecule has 1 fully saturated rings. The first-order chi connectivity index (χ1) is 17.8. The lowest BCUT2D eigenvalue weighted by atomic mass is 10.1. The van der Waals surface area contributed by atoms with Crippen LogP contribution in [0.2, 0.25) is 0 Å². The molecule has 2 aromatic heterocycles. The number of hydrogen-bond donors (Lipinski definition) is 5. The van der Waals surface area contributed by atoms with Crippen molar-refractivity contribution in [1.82, 2.24) is 30.2 Å². The zero-order chi connectivity index (χ0) is 24.8. The maximum Gasteiger partial charge on any atom is 0.225 e. The topological polar surface area (TPSA) is 142 Å². The van der Waals surface area contributed by atoms with Crippen LogP contribution in [0.5, 0.6) is 0 Å². The minimum Gasteiger partial charge on any atom is -0.367 e. The van der Waals surface area contributed by atoms with Gasteiger partial charge >= 0.3 is 0 Å². The molecule has 1 aliphatic heterocycles. The summed E-state index contributed by atoms with van der Waals surface area (Å²) >= 11 is 0. The lowest BCUT2D eigenvalue weighted by molar-refractivity contribution is 0.478. The summed E-state index contributed by atoms with van der Waals surface area (Å²) in [5.41, 5.74) is 1.54. The van der Waals surface area contributed by atoms with Gasteiger partial charge in [-0.3, -0.25) is 4.99 Å². The van der Waals surface area contributed by atoms with E-state index in [4.69, 9.17) is 10.8 Å². The van der Waals surface area contributed by atoms with Crippen LogP contribution in [-0.2, 0) is 6.54 Å². The highest BCUT2D eigenvalue weighted by molar-refractivity contribution is 6.32. The van der Waals surface area contributed by atoms with Crippen molar-refractivity contribution >= 4 is 34.6 Å². The van der Waals surface area contributed by atoms with Crippen molar-refractivity contribution in [3.8, 4) is 0 Å². The van der Waals surface area contributed by atoms with E-state index in [0.717, 1.165) is 75.1 Å². The molecular formula is C25H37N11. The predicted molar refractivity (Wildman–Crippen MR) is 147 cm³/mol. The third kappa shape index (κ3) is 7.99. The number of nitrogens with zero attached hydrogens (tertiary/aromatic N) is 6. The second kappa shape index (κ2) is 14.1. The second-order valence-corrected chi connectivity index (χ2v) is 8.85. The van der Waals surface area contributed by atoms with Crippen molar-refractivity contribution in [2.45, 2.75) is 38.3 Å². The molecule has 6 N–H and O–H groups in total. The molecule has 3 aromatic rings. The Morgan fingerprint density at radius 3 is 2.86 bits per heavy atom. The third-order valence-corrected chi connectivity index (χ3v) is 6.09. The van der Waals surface area contributed by atoms with Gasteiger partial charge in [0.15, 0.2) is 0 Å². The number of rotatable bonds is 14. The number of piperidine rings is 1. The standard InChI is InChI=1S/C25H37N11/c26-35-21(17-29-10-3-9-27-11-4-15-36-16-14-30-19-36)18-31-25-33-23-6-2-1-5-22(23)24(34-25)32-20-7-12-28-13-8-20/h1-2,5-6,14,16-17,19-20,27-28H,3-4,7-13,15,18,26H2,(H2,31,32,33,34). The average Bonchev–Trinajstić information content (AvgIpc) is 3.44. The molecule has 1 saturated heterocycles. The number of fused-ring (bicyclic) bond motifs is 1. The molecule has 0 aliphatic carbocycles. The quantitative estimate of drug-likeness (QED) is 0.0995. The molecule has 11 heteroatoms. The fraction of sp³-hybridized carbons (Fsp3) is 0.480. The summed E-state index contributed by atoms with van der Waals surface area (Å²) in [6, 6.07) is 8.45. The molecule has 0 unspecified atom stereocenters. The second-order valence-electron chi connectivity index (χ2n) is 8.85. The van der Waals surface area contributed by atoms with Crippen molar-refractivity contribution in [1.29, 1.82) is 0 Å². The van der Waals surface area contributed by atoms with E-state index in [0.29, 0.717) is 30.8 Å². The Morgan fingerprint density at radius 2 is 2.03 bits per heavy atom. The molecule has 0 saturated carbocycles. The molecule has 0 bridgehead atoms. The first kappa shape index (κ1) is 25.5. The molecular weight excluding hydrogens is 454 g/mol. The van der Waals surface area contributed by atoms with Crippen molar-refractivity contribution in [3.63, 3.8) is 0 Å². The summed E-state index contributed by atoms with van der Waals surface area (Å²) in [5.74, 6) is 6.99. The molecule has 0 spiro atoms. The van der Waals surface area contributed by atoms with E-state index in [1.54, 1.807) is 12.4 Å². The van der Waals surface area contributed by atoms with E-state index in [-0.39, 0.29) is 0 Å². The van der Waals surface area contributed by atoms with Gasteiger partial charge in [0.25, 0.3) is 0 Å². The minimum absolute atomic E-state index is 0.400. The van der Waals surface area contributed by atoms with E-state index in [9.17, 15) is 0 Å². The number of hydrazone groups is 1. The summed E-state index contributed by atoms with van der Waals surface area (Å²) in [5, 5.41) is 18.6. The summed E-state index contributed by atoms with van der Waals surface area (Å²) in [6.07, 6.45) is 11.5. The van der Waals surface area contributed by atoms with Crippen LogP contribution in [0.15, 0.2) is 53.1 Å². The van der Waals surface area contributed by atoms with Gasteiger partial charge in [-0.25, -0.2) is 9.97 Å². The molecule has 4 rings (SSSR count). The van der Waals surface area contributed by atoms with Crippen LogP contribution in [-0.4, -0.2) is 76.8 Å². The Balaban J connectivity index is 1.21. The van der Waals surface area contributed by atoms with Gasteiger partial charge in [-0.1, -0.05) is 12.1 Å². The predicted octanol–water partition coefficient (Wildman–Crippen LogP) is 1.86. The Hall–Kier alpha value is -3.57. The lowest BCUT2D eigenvalue weighted by Gasteiger charge is -2.25. The van der Waals surface area contributed by atoms with Crippen LogP contribution in [0.25, 0.3) is 10.9 Å². The maximum absolute atomic E-state index is 5.60. The SMILES string of the molecule is NN=C(C=NCCCNCCCn1ccnc1)CNc1nc(NC2CCNCC2)c2ccccc2n1. The molecule has 1 aliphatic rings. The van der Waals surface area contributed by atoms with Gasteiger partial charge in [-0.2, -0.15) is 10.1 Å². The van der Waals surface area contributed by atoms with Gasteiger partial charge in [-0.15, -0.1) is 0 Å². The van der Waals surface area contributed by atoms with Gasteiger partial charge in [0.2, 0.25) is 5.95 Å². The largest absolute Gasteiger partial charge is 0.367 e. The maximum atomic E-state index is 5.60. The van der Waals surface area contributed by atoms with Crippen molar-refractivity contribution in [3.05, 3.63) is 43.0 Å². The number of aliphatic imine (C=N–C) groups is 1. The van der Waals surface area contributed by atoms with E-state index in [1.165, 1.54) is 0 Å². The smallest absolute Gasteiger partial charge is 0.225 e. The zero-order valence-corrected chi connectivity index (χ0v) is 20.7. The fourth-order valence-corrected chi connectivity index (χ4v) is 4.12. The average molecular weight is 492 g/mol. The normalized spacial score (nSPS) is 15.1. The Kier molecular flexibility index (Phi) is 10.00. The number of hydrogen-bond acceptors (Lipinski definition) is 10. The third-order valence-electron chi connectivity index (χ3n) is 6.09. The molecule has 0 amide bonds. The Morgan fingerprint density at radius 1 is 1.17 bits per heavy atom. The number of imidazole rings is 1. The molecule has 192 valence electrons.